The Labute approximate surface area is 317 Å². The van der Waals surface area contributed by atoms with Gasteiger partial charge >= 0.3 is 0 Å². The van der Waals surface area contributed by atoms with Crippen LogP contribution in [0.1, 0.15) is 22.3 Å². The molecule has 256 valence electrons. The third-order valence-corrected chi connectivity index (χ3v) is 14.2. The molecule has 0 bridgehead atoms. The van der Waals surface area contributed by atoms with E-state index in [0.29, 0.717) is 0 Å². The summed E-state index contributed by atoms with van der Waals surface area (Å²) in [6.07, 6.45) is 0. The molecule has 2 aliphatic rings. The van der Waals surface area contributed by atoms with Gasteiger partial charge in [0, 0.05) is 17.1 Å². The summed E-state index contributed by atoms with van der Waals surface area (Å²) in [4.78, 5) is 2.42. The largest absolute Gasteiger partial charge is 0.310 e. The van der Waals surface area contributed by atoms with Crippen molar-refractivity contribution in [1.29, 1.82) is 0 Å². The van der Waals surface area contributed by atoms with Crippen LogP contribution in [-0.4, -0.2) is 8.07 Å². The van der Waals surface area contributed by atoms with Gasteiger partial charge in [-0.25, -0.2) is 0 Å². The van der Waals surface area contributed by atoms with E-state index >= 15 is 0 Å². The second kappa shape index (κ2) is 11.4. The monoisotopic (exact) mass is 705 g/mol. The molecule has 54 heavy (non-hydrogen) atoms. The minimum atomic E-state index is -1.46. The van der Waals surface area contributed by atoms with Crippen LogP contribution < -0.4 is 10.1 Å². The first-order valence-electron chi connectivity index (χ1n) is 19.1. The Hall–Kier alpha value is -6.22. The van der Waals surface area contributed by atoms with Gasteiger partial charge in [0.1, 0.15) is 0 Å². The second-order valence-corrected chi connectivity index (χ2v) is 21.1. The summed E-state index contributed by atoms with van der Waals surface area (Å²) in [6, 6.07) is 68.6. The van der Waals surface area contributed by atoms with Crippen LogP contribution in [0.2, 0.25) is 19.6 Å². The summed E-state index contributed by atoms with van der Waals surface area (Å²) in [7, 11) is -1.46. The van der Waals surface area contributed by atoms with Crippen molar-refractivity contribution in [1.82, 2.24) is 0 Å². The minimum absolute atomic E-state index is 0.478. The van der Waals surface area contributed by atoms with E-state index in [0.717, 1.165) is 11.4 Å². The van der Waals surface area contributed by atoms with Crippen LogP contribution in [-0.2, 0) is 5.41 Å². The topological polar surface area (TPSA) is 3.24 Å². The molecule has 0 unspecified atom stereocenters. The highest BCUT2D eigenvalue weighted by atomic mass is 28.3. The van der Waals surface area contributed by atoms with Gasteiger partial charge in [-0.2, -0.15) is 0 Å². The lowest BCUT2D eigenvalue weighted by molar-refractivity contribution is 0.809. The minimum Gasteiger partial charge on any atom is -0.310 e. The first kappa shape index (κ1) is 31.3. The maximum atomic E-state index is 2.46. The number of anilines is 3. The summed E-state index contributed by atoms with van der Waals surface area (Å²) in [5.41, 5.74) is 13.9. The fourth-order valence-electron chi connectivity index (χ4n) is 9.90. The van der Waals surface area contributed by atoms with E-state index in [1.165, 1.54) is 87.7 Å². The van der Waals surface area contributed by atoms with Crippen molar-refractivity contribution in [3.05, 3.63) is 204 Å². The van der Waals surface area contributed by atoms with E-state index in [4.69, 9.17) is 0 Å². The zero-order chi connectivity index (χ0) is 36.2. The lowest BCUT2D eigenvalue weighted by atomic mass is 9.68. The number of nitrogens with zero attached hydrogens (tertiary/aromatic N) is 1. The summed E-state index contributed by atoms with van der Waals surface area (Å²) in [5, 5.41) is 9.24. The van der Waals surface area contributed by atoms with Crippen LogP contribution in [0, 0.1) is 0 Å². The molecule has 0 aliphatic heterocycles. The average Bonchev–Trinajstić information content (AvgIpc) is 3.69. The molecule has 0 N–H and O–H groups in total. The molecule has 0 saturated carbocycles. The molecule has 0 heterocycles. The van der Waals surface area contributed by atoms with E-state index in [-0.39, 0.29) is 0 Å². The van der Waals surface area contributed by atoms with Gasteiger partial charge in [-0.1, -0.05) is 170 Å². The second-order valence-electron chi connectivity index (χ2n) is 16.0. The maximum absolute atomic E-state index is 2.46. The first-order valence-corrected chi connectivity index (χ1v) is 22.6. The van der Waals surface area contributed by atoms with Gasteiger partial charge in [-0.05, 0) is 113 Å². The maximum Gasteiger partial charge on any atom is 0.0775 e. The van der Waals surface area contributed by atoms with Crippen LogP contribution in [0.25, 0.3) is 54.6 Å². The van der Waals surface area contributed by atoms with Gasteiger partial charge in [0.2, 0.25) is 0 Å². The normalized spacial score (nSPS) is 13.6. The number of hydrogen-bond donors (Lipinski definition) is 0. The molecule has 11 rings (SSSR count). The molecular formula is C52H39NSi. The van der Waals surface area contributed by atoms with Crippen molar-refractivity contribution in [2.75, 3.05) is 4.90 Å². The zero-order valence-corrected chi connectivity index (χ0v) is 31.8. The number of benzene rings is 9. The van der Waals surface area contributed by atoms with Crippen LogP contribution in [0.15, 0.2) is 182 Å². The third-order valence-electron chi connectivity index (χ3n) is 12.2. The highest BCUT2D eigenvalue weighted by Crippen LogP contribution is 2.66. The molecule has 9 aromatic carbocycles. The smallest absolute Gasteiger partial charge is 0.0775 e. The molecule has 0 atom stereocenters. The van der Waals surface area contributed by atoms with Crippen molar-refractivity contribution in [3.8, 4) is 22.3 Å². The van der Waals surface area contributed by atoms with Gasteiger partial charge < -0.3 is 4.90 Å². The van der Waals surface area contributed by atoms with Crippen LogP contribution in [0.4, 0.5) is 17.1 Å². The third kappa shape index (κ3) is 4.20. The first-order chi connectivity index (χ1) is 26.4. The lowest BCUT2D eigenvalue weighted by Crippen LogP contribution is -2.37. The number of rotatable bonds is 4. The van der Waals surface area contributed by atoms with Gasteiger partial charge in [-0.3, -0.25) is 0 Å². The van der Waals surface area contributed by atoms with Crippen LogP contribution in [0.5, 0.6) is 0 Å². The van der Waals surface area contributed by atoms with Crippen molar-refractivity contribution in [3.63, 3.8) is 0 Å². The van der Waals surface area contributed by atoms with Gasteiger partial charge in [0.15, 0.2) is 0 Å². The SMILES string of the molecule is C[Si](C)(C)c1ccc(N(c2ccccc2)c2ccc3c4c(c5ccccc5c3c2)-c2ccc3ccccc3c2C42c3ccccc3-c3ccccc32)cc1. The predicted octanol–water partition coefficient (Wildman–Crippen LogP) is 13.5. The Balaban J connectivity index is 1.27. The van der Waals surface area contributed by atoms with E-state index in [1.54, 1.807) is 0 Å². The Morgan fingerprint density at radius 3 is 1.67 bits per heavy atom. The summed E-state index contributed by atoms with van der Waals surface area (Å²) in [6.45, 7) is 7.25. The molecule has 0 fully saturated rings. The van der Waals surface area contributed by atoms with E-state index in [1.807, 2.05) is 0 Å². The summed E-state index contributed by atoms with van der Waals surface area (Å²) in [5.74, 6) is 0. The molecule has 0 saturated heterocycles. The molecular weight excluding hydrogens is 667 g/mol. The van der Waals surface area contributed by atoms with Gasteiger partial charge in [0.05, 0.1) is 13.5 Å². The lowest BCUT2D eigenvalue weighted by Gasteiger charge is -2.33. The molecule has 1 spiro atoms. The van der Waals surface area contributed by atoms with E-state index < -0.39 is 13.5 Å². The molecule has 2 heteroatoms. The Bertz CT molecular complexity index is 2920. The Kier molecular flexibility index (Phi) is 6.60. The summed E-state index contributed by atoms with van der Waals surface area (Å²) < 4.78 is 0. The Morgan fingerprint density at radius 2 is 0.963 bits per heavy atom. The highest BCUT2D eigenvalue weighted by Gasteiger charge is 2.53. The van der Waals surface area contributed by atoms with E-state index in [9.17, 15) is 0 Å². The van der Waals surface area contributed by atoms with E-state index in [2.05, 4.69) is 207 Å². The van der Waals surface area contributed by atoms with Crippen LogP contribution in [0.3, 0.4) is 0 Å². The molecule has 0 radical (unpaired) electrons. The standard InChI is InChI=1S/C52H39NSi/c1-54(2,3)38-29-26-36(27-30-38)53(35-16-5-4-6-17-35)37-28-32-44-46(33-37)40-19-9-10-22-43(40)49-45-31-25-34-15-7-8-18-39(34)50(45)52(51(44)49)47-23-13-11-20-41(47)42-21-12-14-24-48(42)52/h4-33H,1-3H3. The molecule has 1 nitrogen and oxygen atoms in total. The van der Waals surface area contributed by atoms with Crippen molar-refractivity contribution in [2.24, 2.45) is 0 Å². The fourth-order valence-corrected chi connectivity index (χ4v) is 11.1. The fraction of sp³-hybridized carbons (Fsp3) is 0.0769. The number of hydrogen-bond acceptors (Lipinski definition) is 1. The highest BCUT2D eigenvalue weighted by molar-refractivity contribution is 6.88. The number of para-hydroxylation sites is 1. The van der Waals surface area contributed by atoms with Crippen LogP contribution >= 0.6 is 0 Å². The van der Waals surface area contributed by atoms with Crippen molar-refractivity contribution >= 4 is 62.6 Å². The average molecular weight is 706 g/mol. The van der Waals surface area contributed by atoms with Crippen molar-refractivity contribution in [2.45, 2.75) is 25.1 Å². The molecule has 2 aliphatic carbocycles. The predicted molar refractivity (Wildman–Crippen MR) is 233 cm³/mol. The van der Waals surface area contributed by atoms with Gasteiger partial charge in [0.25, 0.3) is 0 Å². The quantitative estimate of drug-likeness (QED) is 0.130. The Morgan fingerprint density at radius 1 is 0.389 bits per heavy atom. The summed E-state index contributed by atoms with van der Waals surface area (Å²) >= 11 is 0. The van der Waals surface area contributed by atoms with Gasteiger partial charge in [-0.15, -0.1) is 0 Å². The zero-order valence-electron chi connectivity index (χ0n) is 30.8. The van der Waals surface area contributed by atoms with Crippen molar-refractivity contribution < 1.29 is 0 Å². The number of fused-ring (bicyclic) bond motifs is 17. The molecule has 0 amide bonds. The molecule has 0 aromatic heterocycles. The molecule has 9 aromatic rings.